The van der Waals surface area contributed by atoms with E-state index < -0.39 is 0 Å². The van der Waals surface area contributed by atoms with Gasteiger partial charge >= 0.3 is 0 Å². The van der Waals surface area contributed by atoms with Gasteiger partial charge in [-0.3, -0.25) is 4.98 Å². The van der Waals surface area contributed by atoms with Gasteiger partial charge in [-0.15, -0.1) is 0 Å². The molecule has 0 spiro atoms. The van der Waals surface area contributed by atoms with E-state index in [1.165, 1.54) is 0 Å². The Morgan fingerprint density at radius 3 is 2.86 bits per heavy atom. The molecule has 0 aliphatic heterocycles. The van der Waals surface area contributed by atoms with Crippen LogP contribution in [0.1, 0.15) is 11.1 Å². The maximum absolute atomic E-state index is 13.6. The normalized spacial score (nSPS) is 10.8. The molecule has 0 saturated carbocycles. The zero-order valence-electron chi connectivity index (χ0n) is 11.5. The molecule has 3 aromatic rings. The molecule has 2 nitrogen and oxygen atoms in total. The van der Waals surface area contributed by atoms with Crippen LogP contribution in [-0.2, 0) is 6.54 Å². The van der Waals surface area contributed by atoms with Crippen LogP contribution in [0.5, 0.6) is 0 Å². The fraction of sp³-hybridized carbons (Fsp3) is 0.118. The Kier molecular flexibility index (Phi) is 3.88. The second-order valence-electron chi connectivity index (χ2n) is 4.97. The number of halogens is 2. The van der Waals surface area contributed by atoms with E-state index in [-0.39, 0.29) is 5.82 Å². The Hall–Kier alpha value is -1.94. The highest BCUT2D eigenvalue weighted by atomic mass is 79.9. The summed E-state index contributed by atoms with van der Waals surface area (Å²) in [4.78, 5) is 4.44. The lowest BCUT2D eigenvalue weighted by Crippen LogP contribution is -2.01. The predicted octanol–water partition coefficient (Wildman–Crippen LogP) is 5.06. The van der Waals surface area contributed by atoms with E-state index in [2.05, 4.69) is 26.2 Å². The number of rotatable bonds is 3. The molecule has 0 aliphatic carbocycles. The van der Waals surface area contributed by atoms with Gasteiger partial charge in [0.25, 0.3) is 0 Å². The van der Waals surface area contributed by atoms with E-state index in [9.17, 15) is 4.39 Å². The molecule has 0 fully saturated rings. The molecule has 106 valence electrons. The molecule has 0 aliphatic rings. The first kappa shape index (κ1) is 14.0. The topological polar surface area (TPSA) is 24.9 Å². The number of nitrogens with one attached hydrogen (secondary N) is 1. The van der Waals surface area contributed by atoms with Crippen molar-refractivity contribution in [2.24, 2.45) is 0 Å². The summed E-state index contributed by atoms with van der Waals surface area (Å²) < 4.78 is 14.5. The molecule has 0 saturated heterocycles. The Morgan fingerprint density at radius 1 is 1.19 bits per heavy atom. The van der Waals surface area contributed by atoms with Gasteiger partial charge in [0.15, 0.2) is 0 Å². The second-order valence-corrected chi connectivity index (χ2v) is 5.88. The van der Waals surface area contributed by atoms with Crippen molar-refractivity contribution in [2.45, 2.75) is 13.5 Å². The average Bonchev–Trinajstić information content (AvgIpc) is 2.48. The van der Waals surface area contributed by atoms with Gasteiger partial charge in [-0.25, -0.2) is 4.39 Å². The van der Waals surface area contributed by atoms with Gasteiger partial charge in [0.05, 0.1) is 11.2 Å². The molecule has 3 rings (SSSR count). The van der Waals surface area contributed by atoms with E-state index >= 15 is 0 Å². The molecule has 1 N–H and O–H groups in total. The van der Waals surface area contributed by atoms with E-state index in [4.69, 9.17) is 0 Å². The Bertz CT molecular complexity index is 802. The van der Waals surface area contributed by atoms with Crippen molar-refractivity contribution >= 4 is 32.5 Å². The molecule has 2 aromatic carbocycles. The van der Waals surface area contributed by atoms with Gasteiger partial charge in [-0.05, 0) is 52.2 Å². The Labute approximate surface area is 131 Å². The van der Waals surface area contributed by atoms with Gasteiger partial charge in [0.2, 0.25) is 0 Å². The van der Waals surface area contributed by atoms with Crippen LogP contribution in [0.25, 0.3) is 10.9 Å². The standard InChI is InChI=1S/C17H14BrFN2/c1-11-5-6-12(7-15(11)19)9-20-16-4-2-3-13-8-14(18)10-21-17(13)16/h2-8,10,20H,9H2,1H3. The third-order valence-electron chi connectivity index (χ3n) is 3.40. The third kappa shape index (κ3) is 3.05. The summed E-state index contributed by atoms with van der Waals surface area (Å²) in [5.41, 5.74) is 3.43. The van der Waals surface area contributed by atoms with Crippen molar-refractivity contribution in [1.82, 2.24) is 4.98 Å². The summed E-state index contributed by atoms with van der Waals surface area (Å²) in [6.45, 7) is 2.33. The maximum atomic E-state index is 13.6. The molecule has 0 radical (unpaired) electrons. The van der Waals surface area contributed by atoms with Crippen LogP contribution < -0.4 is 5.32 Å². The molecule has 4 heteroatoms. The summed E-state index contributed by atoms with van der Waals surface area (Å²) in [7, 11) is 0. The largest absolute Gasteiger partial charge is 0.379 e. The zero-order chi connectivity index (χ0) is 14.8. The predicted molar refractivity (Wildman–Crippen MR) is 87.9 cm³/mol. The summed E-state index contributed by atoms with van der Waals surface area (Å²) in [5.74, 6) is -0.172. The lowest BCUT2D eigenvalue weighted by atomic mass is 10.1. The fourth-order valence-electron chi connectivity index (χ4n) is 2.22. The lowest BCUT2D eigenvalue weighted by Gasteiger charge is -2.10. The Balaban J connectivity index is 1.86. The number of anilines is 1. The van der Waals surface area contributed by atoms with Gasteiger partial charge < -0.3 is 5.32 Å². The van der Waals surface area contributed by atoms with Crippen LogP contribution in [0, 0.1) is 12.7 Å². The monoisotopic (exact) mass is 344 g/mol. The van der Waals surface area contributed by atoms with Crippen LogP contribution >= 0.6 is 15.9 Å². The number of hydrogen-bond acceptors (Lipinski definition) is 2. The molecule has 0 amide bonds. The van der Waals surface area contributed by atoms with Crippen molar-refractivity contribution < 1.29 is 4.39 Å². The summed E-state index contributed by atoms with van der Waals surface area (Å²) in [6.07, 6.45) is 1.78. The molecular formula is C17H14BrFN2. The summed E-state index contributed by atoms with van der Waals surface area (Å²) >= 11 is 3.42. The van der Waals surface area contributed by atoms with E-state index in [1.807, 2.05) is 30.3 Å². The molecule has 0 atom stereocenters. The van der Waals surface area contributed by atoms with E-state index in [0.717, 1.165) is 26.6 Å². The molecule has 0 bridgehead atoms. The van der Waals surface area contributed by atoms with Crippen molar-refractivity contribution in [3.63, 3.8) is 0 Å². The summed E-state index contributed by atoms with van der Waals surface area (Å²) in [6, 6.07) is 13.3. The van der Waals surface area contributed by atoms with Crippen molar-refractivity contribution in [3.8, 4) is 0 Å². The first-order chi connectivity index (χ1) is 10.1. The van der Waals surface area contributed by atoms with Gasteiger partial charge in [0.1, 0.15) is 5.82 Å². The van der Waals surface area contributed by atoms with Crippen LogP contribution in [0.15, 0.2) is 53.1 Å². The van der Waals surface area contributed by atoms with Crippen molar-refractivity contribution in [2.75, 3.05) is 5.32 Å². The molecule has 1 aromatic heterocycles. The second kappa shape index (κ2) is 5.82. The quantitative estimate of drug-likeness (QED) is 0.718. The van der Waals surface area contributed by atoms with Crippen molar-refractivity contribution in [3.05, 3.63) is 70.1 Å². The molecule has 21 heavy (non-hydrogen) atoms. The summed E-state index contributed by atoms with van der Waals surface area (Å²) in [5, 5.41) is 4.39. The van der Waals surface area contributed by atoms with Crippen LogP contribution in [0.2, 0.25) is 0 Å². The van der Waals surface area contributed by atoms with Gasteiger partial charge in [-0.2, -0.15) is 0 Å². The minimum absolute atomic E-state index is 0.172. The van der Waals surface area contributed by atoms with E-state index in [0.29, 0.717) is 12.1 Å². The SMILES string of the molecule is Cc1ccc(CNc2cccc3cc(Br)cnc23)cc1F. The number of aryl methyl sites for hydroxylation is 1. The maximum Gasteiger partial charge on any atom is 0.126 e. The highest BCUT2D eigenvalue weighted by molar-refractivity contribution is 9.10. The van der Waals surface area contributed by atoms with Crippen LogP contribution in [0.4, 0.5) is 10.1 Å². The number of nitrogens with zero attached hydrogens (tertiary/aromatic N) is 1. The highest BCUT2D eigenvalue weighted by Crippen LogP contribution is 2.24. The number of hydrogen-bond donors (Lipinski definition) is 1. The first-order valence-corrected chi connectivity index (χ1v) is 7.46. The minimum Gasteiger partial charge on any atom is -0.379 e. The van der Waals surface area contributed by atoms with E-state index in [1.54, 1.807) is 25.3 Å². The van der Waals surface area contributed by atoms with Gasteiger partial charge in [-0.1, -0.05) is 24.3 Å². The number of pyridine rings is 1. The number of benzene rings is 2. The molecular weight excluding hydrogens is 331 g/mol. The number of para-hydroxylation sites is 1. The zero-order valence-corrected chi connectivity index (χ0v) is 13.1. The molecule has 1 heterocycles. The smallest absolute Gasteiger partial charge is 0.126 e. The first-order valence-electron chi connectivity index (χ1n) is 6.66. The lowest BCUT2D eigenvalue weighted by molar-refractivity contribution is 0.616. The van der Waals surface area contributed by atoms with Crippen LogP contribution in [-0.4, -0.2) is 4.98 Å². The minimum atomic E-state index is -0.172. The highest BCUT2D eigenvalue weighted by Gasteiger charge is 2.04. The average molecular weight is 345 g/mol. The van der Waals surface area contributed by atoms with Crippen LogP contribution in [0.3, 0.4) is 0 Å². The fourth-order valence-corrected chi connectivity index (χ4v) is 2.57. The van der Waals surface area contributed by atoms with Gasteiger partial charge in [0, 0.05) is 22.6 Å². The van der Waals surface area contributed by atoms with Crippen molar-refractivity contribution in [1.29, 1.82) is 0 Å². The number of fused-ring (bicyclic) bond motifs is 1. The Morgan fingerprint density at radius 2 is 2.05 bits per heavy atom. The number of aromatic nitrogens is 1. The third-order valence-corrected chi connectivity index (χ3v) is 3.83. The molecule has 0 unspecified atom stereocenters.